The fourth-order valence-electron chi connectivity index (χ4n) is 1.96. The van der Waals surface area contributed by atoms with E-state index in [4.69, 9.17) is 17.3 Å². The lowest BCUT2D eigenvalue weighted by molar-refractivity contribution is 0.0999. The monoisotopic (exact) mass is 368 g/mol. The standard InChI is InChI=1S/C13H9ClN4O3S2/c14-6-2-1-5(3-16-6)4-22-12-7(10(15)19)8-9(23-12)11(20)18-13(21)17-8/h1-3H,4H2,(H2,15,19)(H2,17,18,20,21). The summed E-state index contributed by atoms with van der Waals surface area (Å²) in [4.78, 5) is 43.6. The lowest BCUT2D eigenvalue weighted by Crippen LogP contribution is -2.22. The van der Waals surface area contributed by atoms with Crippen molar-refractivity contribution in [3.05, 3.63) is 55.4 Å². The van der Waals surface area contributed by atoms with Crippen molar-refractivity contribution in [3.8, 4) is 0 Å². The number of nitrogens with one attached hydrogen (secondary N) is 2. The first kappa shape index (κ1) is 15.8. The summed E-state index contributed by atoms with van der Waals surface area (Å²) in [5, 5.41) is 0.391. The molecule has 0 spiro atoms. The Morgan fingerprint density at radius 3 is 2.78 bits per heavy atom. The van der Waals surface area contributed by atoms with E-state index in [0.717, 1.165) is 16.9 Å². The van der Waals surface area contributed by atoms with Crippen molar-refractivity contribution in [2.24, 2.45) is 5.73 Å². The summed E-state index contributed by atoms with van der Waals surface area (Å²) in [6.45, 7) is 0. The lowest BCUT2D eigenvalue weighted by atomic mass is 10.3. The molecule has 0 saturated heterocycles. The van der Waals surface area contributed by atoms with Crippen LogP contribution in [0.3, 0.4) is 0 Å². The van der Waals surface area contributed by atoms with Crippen molar-refractivity contribution >= 4 is 50.8 Å². The van der Waals surface area contributed by atoms with Gasteiger partial charge in [0, 0.05) is 11.9 Å². The molecule has 0 aromatic carbocycles. The molecule has 23 heavy (non-hydrogen) atoms. The molecule has 1 amide bonds. The van der Waals surface area contributed by atoms with Crippen LogP contribution in [0.25, 0.3) is 10.2 Å². The van der Waals surface area contributed by atoms with Gasteiger partial charge in [-0.15, -0.1) is 23.1 Å². The molecular weight excluding hydrogens is 360 g/mol. The number of carbonyl (C=O) groups is 1. The van der Waals surface area contributed by atoms with E-state index in [9.17, 15) is 14.4 Å². The zero-order chi connectivity index (χ0) is 16.6. The summed E-state index contributed by atoms with van der Waals surface area (Å²) in [7, 11) is 0. The average molecular weight is 369 g/mol. The van der Waals surface area contributed by atoms with Gasteiger partial charge in [0.2, 0.25) is 0 Å². The van der Waals surface area contributed by atoms with E-state index in [1.165, 1.54) is 11.8 Å². The number of aromatic nitrogens is 3. The number of nitrogens with zero attached hydrogens (tertiary/aromatic N) is 1. The minimum absolute atomic E-state index is 0.153. The Labute approximate surface area is 141 Å². The predicted molar refractivity (Wildman–Crippen MR) is 90.4 cm³/mol. The lowest BCUT2D eigenvalue weighted by Gasteiger charge is -2.01. The van der Waals surface area contributed by atoms with E-state index in [1.807, 2.05) is 6.07 Å². The highest BCUT2D eigenvalue weighted by Gasteiger charge is 2.20. The topological polar surface area (TPSA) is 122 Å². The highest BCUT2D eigenvalue weighted by Crippen LogP contribution is 2.36. The van der Waals surface area contributed by atoms with Crippen LogP contribution in [-0.2, 0) is 5.75 Å². The number of pyridine rings is 1. The maximum atomic E-state index is 11.8. The van der Waals surface area contributed by atoms with Crippen LogP contribution in [0, 0.1) is 0 Å². The first-order valence-electron chi connectivity index (χ1n) is 6.28. The number of rotatable bonds is 4. The number of carbonyl (C=O) groups excluding carboxylic acids is 1. The second kappa shape index (κ2) is 6.19. The Bertz CT molecular complexity index is 1010. The van der Waals surface area contributed by atoms with E-state index >= 15 is 0 Å². The van der Waals surface area contributed by atoms with Gasteiger partial charge in [0.1, 0.15) is 9.85 Å². The zero-order valence-corrected chi connectivity index (χ0v) is 13.8. The highest BCUT2D eigenvalue weighted by atomic mass is 35.5. The van der Waals surface area contributed by atoms with Crippen LogP contribution >= 0.6 is 34.7 Å². The molecule has 3 aromatic rings. The van der Waals surface area contributed by atoms with Gasteiger partial charge in [0.05, 0.1) is 15.3 Å². The zero-order valence-electron chi connectivity index (χ0n) is 11.4. The largest absolute Gasteiger partial charge is 0.365 e. The Morgan fingerprint density at radius 2 is 2.13 bits per heavy atom. The van der Waals surface area contributed by atoms with Gasteiger partial charge in [-0.1, -0.05) is 17.7 Å². The number of fused-ring (bicyclic) bond motifs is 1. The van der Waals surface area contributed by atoms with Crippen LogP contribution < -0.4 is 17.0 Å². The molecule has 0 atom stereocenters. The second-order valence-electron chi connectivity index (χ2n) is 4.52. The molecule has 0 aliphatic heterocycles. The summed E-state index contributed by atoms with van der Waals surface area (Å²) in [5.41, 5.74) is 5.40. The number of thiophene rings is 1. The maximum Gasteiger partial charge on any atom is 0.326 e. The Balaban J connectivity index is 2.03. The van der Waals surface area contributed by atoms with Gasteiger partial charge in [0.15, 0.2) is 0 Å². The number of hydrogen-bond acceptors (Lipinski definition) is 6. The minimum Gasteiger partial charge on any atom is -0.365 e. The molecule has 4 N–H and O–H groups in total. The third-order valence-corrected chi connectivity index (χ3v) is 5.71. The number of primary amides is 1. The smallest absolute Gasteiger partial charge is 0.326 e. The number of amides is 1. The fourth-order valence-corrected chi connectivity index (χ4v) is 4.44. The van der Waals surface area contributed by atoms with Gasteiger partial charge in [-0.25, -0.2) is 9.78 Å². The molecule has 0 aliphatic carbocycles. The third kappa shape index (κ3) is 3.16. The Hall–Kier alpha value is -2.10. The van der Waals surface area contributed by atoms with Crippen LogP contribution in [0.15, 0.2) is 32.1 Å². The number of aromatic amines is 2. The number of hydrogen-bond donors (Lipinski definition) is 3. The van der Waals surface area contributed by atoms with Crippen molar-refractivity contribution in [2.45, 2.75) is 9.96 Å². The van der Waals surface area contributed by atoms with Gasteiger partial charge in [-0.05, 0) is 11.6 Å². The molecule has 0 saturated carbocycles. The average Bonchev–Trinajstić information content (AvgIpc) is 2.85. The summed E-state index contributed by atoms with van der Waals surface area (Å²) in [6.07, 6.45) is 1.63. The molecule has 10 heteroatoms. The van der Waals surface area contributed by atoms with E-state index in [-0.39, 0.29) is 15.8 Å². The van der Waals surface area contributed by atoms with Crippen molar-refractivity contribution < 1.29 is 4.79 Å². The van der Waals surface area contributed by atoms with Crippen molar-refractivity contribution in [1.82, 2.24) is 15.0 Å². The molecule has 0 radical (unpaired) electrons. The molecule has 0 bridgehead atoms. The fraction of sp³-hybridized carbons (Fsp3) is 0.0769. The molecule has 0 unspecified atom stereocenters. The van der Waals surface area contributed by atoms with E-state index in [1.54, 1.807) is 12.3 Å². The van der Waals surface area contributed by atoms with Crippen molar-refractivity contribution in [2.75, 3.05) is 0 Å². The summed E-state index contributed by atoms with van der Waals surface area (Å²) in [5.74, 6) is -0.186. The Morgan fingerprint density at radius 1 is 1.35 bits per heavy atom. The molecule has 7 nitrogen and oxygen atoms in total. The van der Waals surface area contributed by atoms with Crippen LogP contribution in [0.1, 0.15) is 15.9 Å². The van der Waals surface area contributed by atoms with E-state index in [2.05, 4.69) is 15.0 Å². The van der Waals surface area contributed by atoms with Crippen LogP contribution in [0.5, 0.6) is 0 Å². The second-order valence-corrected chi connectivity index (χ2v) is 7.17. The number of thioether (sulfide) groups is 1. The van der Waals surface area contributed by atoms with E-state index in [0.29, 0.717) is 15.1 Å². The van der Waals surface area contributed by atoms with Crippen LogP contribution in [-0.4, -0.2) is 20.9 Å². The highest BCUT2D eigenvalue weighted by molar-refractivity contribution is 8.00. The van der Waals surface area contributed by atoms with E-state index < -0.39 is 17.2 Å². The third-order valence-electron chi connectivity index (χ3n) is 2.95. The quantitative estimate of drug-likeness (QED) is 0.478. The molecule has 3 rings (SSSR count). The van der Waals surface area contributed by atoms with Crippen molar-refractivity contribution in [3.63, 3.8) is 0 Å². The maximum absolute atomic E-state index is 11.8. The Kier molecular flexibility index (Phi) is 4.24. The van der Waals surface area contributed by atoms with Crippen molar-refractivity contribution in [1.29, 1.82) is 0 Å². The SMILES string of the molecule is NC(=O)c1c(SCc2ccc(Cl)nc2)sc2c(=O)[nH]c(=O)[nH]c12. The summed E-state index contributed by atoms with van der Waals surface area (Å²) in [6, 6.07) is 3.48. The van der Waals surface area contributed by atoms with Crippen LogP contribution in [0.2, 0.25) is 5.15 Å². The molecule has 0 aliphatic rings. The van der Waals surface area contributed by atoms with Gasteiger partial charge in [-0.2, -0.15) is 0 Å². The molecule has 3 aromatic heterocycles. The molecule has 3 heterocycles. The molecule has 118 valence electrons. The first-order chi connectivity index (χ1) is 11.0. The first-order valence-corrected chi connectivity index (χ1v) is 8.46. The van der Waals surface area contributed by atoms with Gasteiger partial charge < -0.3 is 10.7 Å². The van der Waals surface area contributed by atoms with Gasteiger partial charge in [0.25, 0.3) is 11.5 Å². The normalized spacial score (nSPS) is 11.0. The number of H-pyrrole nitrogens is 2. The number of halogens is 1. The molecule has 0 fully saturated rings. The summed E-state index contributed by atoms with van der Waals surface area (Å²) < 4.78 is 0.824. The number of nitrogens with two attached hydrogens (primary N) is 1. The van der Waals surface area contributed by atoms with Gasteiger partial charge in [-0.3, -0.25) is 14.6 Å². The summed E-state index contributed by atoms with van der Waals surface area (Å²) >= 11 is 8.18. The molecular formula is C13H9ClN4O3S2. The minimum atomic E-state index is -0.700. The van der Waals surface area contributed by atoms with Gasteiger partial charge >= 0.3 is 5.69 Å². The van der Waals surface area contributed by atoms with Crippen LogP contribution in [0.4, 0.5) is 0 Å². The predicted octanol–water partition coefficient (Wildman–Crippen LogP) is 1.72.